The van der Waals surface area contributed by atoms with Crippen molar-refractivity contribution >= 4 is 21.8 Å². The standard InChI is InChI=1S/C17H17BrFNO2/c18-14-5-3-4-13(12-14)17(21)20-10-1-2-11-22-16-8-6-15(19)7-9-16/h3-9,12H,1-2,10-11H2,(H,20,21). The van der Waals surface area contributed by atoms with Gasteiger partial charge < -0.3 is 10.1 Å². The summed E-state index contributed by atoms with van der Waals surface area (Å²) in [5.41, 5.74) is 0.636. The third-order valence-corrected chi connectivity index (χ3v) is 3.52. The Bertz CT molecular complexity index is 616. The molecule has 1 N–H and O–H groups in total. The third kappa shape index (κ3) is 5.48. The van der Waals surface area contributed by atoms with Crippen LogP contribution in [0.3, 0.4) is 0 Å². The van der Waals surface area contributed by atoms with Crippen molar-refractivity contribution in [1.82, 2.24) is 5.32 Å². The van der Waals surface area contributed by atoms with Crippen LogP contribution in [0.1, 0.15) is 23.2 Å². The summed E-state index contributed by atoms with van der Waals surface area (Å²) in [6.45, 7) is 1.14. The number of carbonyl (C=O) groups excluding carboxylic acids is 1. The predicted octanol–water partition coefficient (Wildman–Crippen LogP) is 4.18. The molecular weight excluding hydrogens is 349 g/mol. The van der Waals surface area contributed by atoms with Crippen molar-refractivity contribution in [1.29, 1.82) is 0 Å². The molecule has 0 radical (unpaired) electrons. The highest BCUT2D eigenvalue weighted by molar-refractivity contribution is 9.10. The fourth-order valence-electron chi connectivity index (χ4n) is 1.88. The van der Waals surface area contributed by atoms with Crippen LogP contribution in [-0.2, 0) is 0 Å². The first-order valence-electron chi connectivity index (χ1n) is 7.07. The van der Waals surface area contributed by atoms with Crippen molar-refractivity contribution in [2.45, 2.75) is 12.8 Å². The van der Waals surface area contributed by atoms with E-state index in [0.717, 1.165) is 17.3 Å². The largest absolute Gasteiger partial charge is 0.494 e. The topological polar surface area (TPSA) is 38.3 Å². The van der Waals surface area contributed by atoms with Crippen LogP contribution in [0, 0.1) is 5.82 Å². The van der Waals surface area contributed by atoms with Crippen LogP contribution in [0.25, 0.3) is 0 Å². The predicted molar refractivity (Wildman–Crippen MR) is 87.6 cm³/mol. The van der Waals surface area contributed by atoms with Crippen LogP contribution in [0.15, 0.2) is 53.0 Å². The zero-order chi connectivity index (χ0) is 15.8. The number of benzene rings is 2. The number of nitrogens with one attached hydrogen (secondary N) is 1. The molecule has 116 valence electrons. The lowest BCUT2D eigenvalue weighted by atomic mass is 10.2. The Labute approximate surface area is 137 Å². The fourth-order valence-corrected chi connectivity index (χ4v) is 2.28. The summed E-state index contributed by atoms with van der Waals surface area (Å²) in [6.07, 6.45) is 1.64. The summed E-state index contributed by atoms with van der Waals surface area (Å²) in [7, 11) is 0. The maximum atomic E-state index is 12.7. The van der Waals surface area contributed by atoms with E-state index in [1.54, 1.807) is 24.3 Å². The molecule has 0 bridgehead atoms. The second-order valence-corrected chi connectivity index (χ2v) is 5.69. The van der Waals surface area contributed by atoms with Gasteiger partial charge in [0.25, 0.3) is 5.91 Å². The first kappa shape index (κ1) is 16.5. The molecule has 0 unspecified atom stereocenters. The quantitative estimate of drug-likeness (QED) is 0.747. The van der Waals surface area contributed by atoms with Crippen LogP contribution >= 0.6 is 15.9 Å². The fraction of sp³-hybridized carbons (Fsp3) is 0.235. The van der Waals surface area contributed by atoms with Crippen LogP contribution in [0.2, 0.25) is 0 Å². The molecule has 1 amide bonds. The molecule has 0 aliphatic rings. The van der Waals surface area contributed by atoms with Crippen LogP contribution < -0.4 is 10.1 Å². The second-order valence-electron chi connectivity index (χ2n) is 4.78. The molecule has 0 aliphatic carbocycles. The van der Waals surface area contributed by atoms with Gasteiger partial charge in [-0.15, -0.1) is 0 Å². The molecule has 0 atom stereocenters. The maximum Gasteiger partial charge on any atom is 0.251 e. The zero-order valence-corrected chi connectivity index (χ0v) is 13.6. The number of rotatable bonds is 7. The van der Waals surface area contributed by atoms with Gasteiger partial charge in [0, 0.05) is 16.6 Å². The molecule has 0 saturated heterocycles. The van der Waals surface area contributed by atoms with Gasteiger partial charge in [0.2, 0.25) is 0 Å². The summed E-state index contributed by atoms with van der Waals surface area (Å²) in [5.74, 6) is 0.294. The number of unbranched alkanes of at least 4 members (excludes halogenated alkanes) is 1. The third-order valence-electron chi connectivity index (χ3n) is 3.03. The highest BCUT2D eigenvalue weighted by Gasteiger charge is 2.04. The monoisotopic (exact) mass is 365 g/mol. The number of amides is 1. The lowest BCUT2D eigenvalue weighted by molar-refractivity contribution is 0.0952. The van der Waals surface area contributed by atoms with E-state index in [0.29, 0.717) is 24.5 Å². The lowest BCUT2D eigenvalue weighted by Crippen LogP contribution is -2.24. The van der Waals surface area contributed by atoms with Crippen molar-refractivity contribution in [2.75, 3.05) is 13.2 Å². The van der Waals surface area contributed by atoms with Crippen LogP contribution in [-0.4, -0.2) is 19.1 Å². The molecule has 0 aliphatic heterocycles. The highest BCUT2D eigenvalue weighted by atomic mass is 79.9. The van der Waals surface area contributed by atoms with Gasteiger partial charge in [-0.05, 0) is 55.3 Å². The van der Waals surface area contributed by atoms with E-state index < -0.39 is 0 Å². The maximum absolute atomic E-state index is 12.7. The van der Waals surface area contributed by atoms with Gasteiger partial charge >= 0.3 is 0 Å². The molecule has 0 saturated carbocycles. The number of ether oxygens (including phenoxy) is 1. The average Bonchev–Trinajstić information content (AvgIpc) is 2.52. The lowest BCUT2D eigenvalue weighted by Gasteiger charge is -2.07. The van der Waals surface area contributed by atoms with E-state index >= 15 is 0 Å². The Morgan fingerprint density at radius 1 is 1.14 bits per heavy atom. The normalized spacial score (nSPS) is 10.3. The molecular formula is C17H17BrFNO2. The first-order chi connectivity index (χ1) is 10.6. The van der Waals surface area contributed by atoms with Crippen molar-refractivity contribution in [3.63, 3.8) is 0 Å². The summed E-state index contributed by atoms with van der Waals surface area (Å²) in [4.78, 5) is 11.9. The number of hydrogen-bond donors (Lipinski definition) is 1. The van der Waals surface area contributed by atoms with Gasteiger partial charge in [-0.3, -0.25) is 4.79 Å². The molecule has 2 aromatic carbocycles. The molecule has 22 heavy (non-hydrogen) atoms. The summed E-state index contributed by atoms with van der Waals surface area (Å²) >= 11 is 3.34. The van der Waals surface area contributed by atoms with Crippen molar-refractivity contribution in [3.05, 3.63) is 64.4 Å². The minimum Gasteiger partial charge on any atom is -0.494 e. The molecule has 3 nitrogen and oxygen atoms in total. The van der Waals surface area contributed by atoms with E-state index in [2.05, 4.69) is 21.2 Å². The Balaban J connectivity index is 1.61. The Hall–Kier alpha value is -1.88. The molecule has 2 aromatic rings. The van der Waals surface area contributed by atoms with Gasteiger partial charge in [0.1, 0.15) is 11.6 Å². The second kappa shape index (κ2) is 8.54. The molecule has 0 fully saturated rings. The SMILES string of the molecule is O=C(NCCCCOc1ccc(F)cc1)c1cccc(Br)c1. The molecule has 2 rings (SSSR count). The smallest absolute Gasteiger partial charge is 0.251 e. The summed E-state index contributed by atoms with van der Waals surface area (Å²) in [6, 6.07) is 13.2. The van der Waals surface area contributed by atoms with Gasteiger partial charge in [-0.25, -0.2) is 4.39 Å². The van der Waals surface area contributed by atoms with Crippen LogP contribution in [0.5, 0.6) is 5.75 Å². The molecule has 5 heteroatoms. The number of carbonyl (C=O) groups is 1. The number of halogens is 2. The Morgan fingerprint density at radius 3 is 2.64 bits per heavy atom. The summed E-state index contributed by atoms with van der Waals surface area (Å²) in [5, 5.41) is 2.87. The van der Waals surface area contributed by atoms with Gasteiger partial charge in [0.15, 0.2) is 0 Å². The van der Waals surface area contributed by atoms with E-state index in [-0.39, 0.29) is 11.7 Å². The highest BCUT2D eigenvalue weighted by Crippen LogP contribution is 2.12. The van der Waals surface area contributed by atoms with Crippen LogP contribution in [0.4, 0.5) is 4.39 Å². The van der Waals surface area contributed by atoms with Crippen molar-refractivity contribution in [2.24, 2.45) is 0 Å². The van der Waals surface area contributed by atoms with E-state index in [1.165, 1.54) is 12.1 Å². The zero-order valence-electron chi connectivity index (χ0n) is 12.0. The number of hydrogen-bond acceptors (Lipinski definition) is 2. The van der Waals surface area contributed by atoms with Crippen molar-refractivity contribution < 1.29 is 13.9 Å². The Morgan fingerprint density at radius 2 is 1.91 bits per heavy atom. The van der Waals surface area contributed by atoms with Crippen molar-refractivity contribution in [3.8, 4) is 5.75 Å². The summed E-state index contributed by atoms with van der Waals surface area (Å²) < 4.78 is 19.1. The van der Waals surface area contributed by atoms with Gasteiger partial charge in [-0.1, -0.05) is 22.0 Å². The van der Waals surface area contributed by atoms with Gasteiger partial charge in [0.05, 0.1) is 6.61 Å². The van der Waals surface area contributed by atoms with Gasteiger partial charge in [-0.2, -0.15) is 0 Å². The molecule has 0 heterocycles. The first-order valence-corrected chi connectivity index (χ1v) is 7.86. The molecule has 0 aromatic heterocycles. The Kier molecular flexibility index (Phi) is 6.40. The minimum atomic E-state index is -0.275. The van der Waals surface area contributed by atoms with E-state index in [1.807, 2.05) is 12.1 Å². The van der Waals surface area contributed by atoms with E-state index in [9.17, 15) is 9.18 Å². The average molecular weight is 366 g/mol. The minimum absolute atomic E-state index is 0.0826. The van der Waals surface area contributed by atoms with E-state index in [4.69, 9.17) is 4.74 Å². The molecule has 0 spiro atoms.